The zero-order valence-corrected chi connectivity index (χ0v) is 19.8. The van der Waals surface area contributed by atoms with Gasteiger partial charge >= 0.3 is 11.9 Å². The number of carboxylic acids is 1. The van der Waals surface area contributed by atoms with Gasteiger partial charge in [-0.2, -0.15) is 8.78 Å². The van der Waals surface area contributed by atoms with E-state index in [0.717, 1.165) is 38.8 Å². The van der Waals surface area contributed by atoms with Gasteiger partial charge in [-0.15, -0.1) is 0 Å². The van der Waals surface area contributed by atoms with Gasteiger partial charge in [-0.3, -0.25) is 0 Å². The van der Waals surface area contributed by atoms with E-state index in [4.69, 9.17) is 9.84 Å². The summed E-state index contributed by atoms with van der Waals surface area (Å²) in [6, 6.07) is 25.5. The van der Waals surface area contributed by atoms with Crippen molar-refractivity contribution in [1.82, 2.24) is 5.32 Å². The van der Waals surface area contributed by atoms with Crippen molar-refractivity contribution in [3.8, 4) is 16.9 Å². The van der Waals surface area contributed by atoms with E-state index in [0.29, 0.717) is 0 Å². The Bertz CT molecular complexity index is 1350. The molecule has 4 rings (SSSR count). The number of halogens is 2. The fourth-order valence-electron chi connectivity index (χ4n) is 4.28. The fourth-order valence-corrected chi connectivity index (χ4v) is 4.28. The van der Waals surface area contributed by atoms with Crippen LogP contribution in [0.15, 0.2) is 84.9 Å². The number of carboxylic acid groups (broad SMARTS) is 1. The molecule has 0 amide bonds. The molecule has 0 heterocycles. The molecule has 0 radical (unpaired) electrons. The summed E-state index contributed by atoms with van der Waals surface area (Å²) in [7, 11) is 1.64. The lowest BCUT2D eigenvalue weighted by atomic mass is 9.92. The molecule has 1 unspecified atom stereocenters. The normalized spacial score (nSPS) is 13.4. The zero-order chi connectivity index (χ0) is 25.2. The average Bonchev–Trinajstić information content (AvgIpc) is 2.88. The maximum atomic E-state index is 13.9. The van der Waals surface area contributed by atoms with Crippen LogP contribution in [0.25, 0.3) is 21.9 Å². The number of ether oxygens (including phenoxy) is 1. The molecule has 0 aliphatic carbocycles. The first-order chi connectivity index (χ1) is 16.7. The van der Waals surface area contributed by atoms with E-state index in [2.05, 4.69) is 31.3 Å². The van der Waals surface area contributed by atoms with Crippen LogP contribution in [0, 0.1) is 0 Å². The summed E-state index contributed by atoms with van der Waals surface area (Å²) in [6.07, 6.45) is 0. The second kappa shape index (κ2) is 9.84. The molecule has 0 aliphatic heterocycles. The van der Waals surface area contributed by atoms with Crippen LogP contribution < -0.4 is 10.1 Å². The number of rotatable bonds is 8. The Morgan fingerprint density at radius 2 is 1.57 bits per heavy atom. The van der Waals surface area contributed by atoms with E-state index < -0.39 is 17.5 Å². The van der Waals surface area contributed by atoms with Gasteiger partial charge in [-0.1, -0.05) is 60.7 Å². The fraction of sp³-hybridized carbons (Fsp3) is 0.207. The standard InChI is InChI=1S/C29H27F2NO3/c1-18(21-8-6-9-25(16-21)35-3)32-19(2)23-15-22-7-4-5-10-26(22)27(17-23)20-11-13-24(14-12-20)29(30,31)28(33)34/h4-19,32H,1-3H3,(H,33,34)/t18-,19?/m1/s1. The Morgan fingerprint density at radius 3 is 2.26 bits per heavy atom. The topological polar surface area (TPSA) is 58.6 Å². The van der Waals surface area contributed by atoms with Crippen LogP contribution in [-0.2, 0) is 10.7 Å². The first kappa shape index (κ1) is 24.4. The summed E-state index contributed by atoms with van der Waals surface area (Å²) < 4.78 is 33.2. The van der Waals surface area contributed by atoms with Crippen molar-refractivity contribution in [1.29, 1.82) is 0 Å². The monoisotopic (exact) mass is 475 g/mol. The predicted octanol–water partition coefficient (Wildman–Crippen LogP) is 7.10. The Balaban J connectivity index is 1.69. The van der Waals surface area contributed by atoms with Crippen molar-refractivity contribution in [3.63, 3.8) is 0 Å². The maximum absolute atomic E-state index is 13.9. The molecule has 4 nitrogen and oxygen atoms in total. The summed E-state index contributed by atoms with van der Waals surface area (Å²) in [6.45, 7) is 4.18. The first-order valence-electron chi connectivity index (χ1n) is 11.4. The minimum Gasteiger partial charge on any atom is -0.497 e. The van der Waals surface area contributed by atoms with Gasteiger partial charge in [0.2, 0.25) is 0 Å². The largest absolute Gasteiger partial charge is 0.497 e. The van der Waals surface area contributed by atoms with Crippen LogP contribution in [-0.4, -0.2) is 18.2 Å². The highest BCUT2D eigenvalue weighted by Crippen LogP contribution is 2.35. The number of hydrogen-bond acceptors (Lipinski definition) is 3. The van der Waals surface area contributed by atoms with Crippen molar-refractivity contribution >= 4 is 16.7 Å². The molecule has 0 fully saturated rings. The van der Waals surface area contributed by atoms with Crippen molar-refractivity contribution in [2.45, 2.75) is 31.9 Å². The van der Waals surface area contributed by atoms with Crippen LogP contribution in [0.2, 0.25) is 0 Å². The molecule has 0 saturated carbocycles. The molecular weight excluding hydrogens is 448 g/mol. The van der Waals surface area contributed by atoms with Gasteiger partial charge in [0.15, 0.2) is 0 Å². The summed E-state index contributed by atoms with van der Waals surface area (Å²) in [5, 5.41) is 14.5. The Labute approximate surface area is 203 Å². The zero-order valence-electron chi connectivity index (χ0n) is 19.8. The lowest BCUT2D eigenvalue weighted by molar-refractivity contribution is -0.166. The number of carbonyl (C=O) groups is 1. The van der Waals surface area contributed by atoms with E-state index in [1.165, 1.54) is 12.1 Å². The molecule has 4 aromatic carbocycles. The molecule has 0 saturated heterocycles. The highest BCUT2D eigenvalue weighted by atomic mass is 19.3. The molecule has 0 bridgehead atoms. The highest BCUT2D eigenvalue weighted by molar-refractivity contribution is 5.97. The molecular formula is C29H27F2NO3. The van der Waals surface area contributed by atoms with Crippen LogP contribution in [0.4, 0.5) is 8.78 Å². The minimum atomic E-state index is -3.93. The number of aliphatic carboxylic acids is 1. The Morgan fingerprint density at radius 1 is 0.886 bits per heavy atom. The van der Waals surface area contributed by atoms with E-state index in [9.17, 15) is 13.6 Å². The Kier molecular flexibility index (Phi) is 6.85. The van der Waals surface area contributed by atoms with Gasteiger partial charge in [0.25, 0.3) is 0 Å². The van der Waals surface area contributed by atoms with Crippen molar-refractivity contribution in [2.75, 3.05) is 7.11 Å². The SMILES string of the molecule is COc1cccc([C@@H](C)NC(C)c2cc(-c3ccc(C(F)(F)C(=O)O)cc3)c3ccccc3c2)c1. The summed E-state index contributed by atoms with van der Waals surface area (Å²) in [5.74, 6) is -5.30. The second-order valence-corrected chi connectivity index (χ2v) is 8.63. The van der Waals surface area contributed by atoms with Gasteiger partial charge in [-0.05, 0) is 71.1 Å². The first-order valence-corrected chi connectivity index (χ1v) is 11.4. The smallest absolute Gasteiger partial charge is 0.379 e. The average molecular weight is 476 g/mol. The van der Waals surface area contributed by atoms with Crippen LogP contribution >= 0.6 is 0 Å². The minimum absolute atomic E-state index is 0.00447. The number of hydrogen-bond donors (Lipinski definition) is 2. The quantitative estimate of drug-likeness (QED) is 0.285. The highest BCUT2D eigenvalue weighted by Gasteiger charge is 2.40. The molecule has 0 aliphatic rings. The molecule has 0 aromatic heterocycles. The number of alkyl halides is 2. The number of benzene rings is 4. The number of nitrogens with one attached hydrogen (secondary N) is 1. The van der Waals surface area contributed by atoms with Crippen molar-refractivity contribution < 1.29 is 23.4 Å². The number of methoxy groups -OCH3 is 1. The van der Waals surface area contributed by atoms with Crippen LogP contribution in [0.5, 0.6) is 5.75 Å². The van der Waals surface area contributed by atoms with E-state index >= 15 is 0 Å². The molecule has 2 N–H and O–H groups in total. The van der Waals surface area contributed by atoms with Gasteiger partial charge < -0.3 is 15.2 Å². The second-order valence-electron chi connectivity index (χ2n) is 8.63. The molecule has 2 atom stereocenters. The number of fused-ring (bicyclic) bond motifs is 1. The molecule has 6 heteroatoms. The predicted molar refractivity (Wildman–Crippen MR) is 134 cm³/mol. The molecule has 180 valence electrons. The third-order valence-electron chi connectivity index (χ3n) is 6.30. The lowest BCUT2D eigenvalue weighted by Gasteiger charge is -2.22. The summed E-state index contributed by atoms with van der Waals surface area (Å²) >= 11 is 0. The summed E-state index contributed by atoms with van der Waals surface area (Å²) in [5.41, 5.74) is 3.24. The van der Waals surface area contributed by atoms with Gasteiger partial charge in [0, 0.05) is 17.6 Å². The van der Waals surface area contributed by atoms with E-state index in [1.54, 1.807) is 19.2 Å². The van der Waals surface area contributed by atoms with E-state index in [-0.39, 0.29) is 12.1 Å². The summed E-state index contributed by atoms with van der Waals surface area (Å²) in [4.78, 5) is 10.9. The molecule has 4 aromatic rings. The van der Waals surface area contributed by atoms with Gasteiger partial charge in [-0.25, -0.2) is 4.79 Å². The Hall–Kier alpha value is -3.77. The third-order valence-corrected chi connectivity index (χ3v) is 6.30. The van der Waals surface area contributed by atoms with Crippen molar-refractivity contribution in [3.05, 3.63) is 102 Å². The maximum Gasteiger partial charge on any atom is 0.379 e. The van der Waals surface area contributed by atoms with Crippen LogP contribution in [0.1, 0.15) is 42.6 Å². The molecule has 35 heavy (non-hydrogen) atoms. The van der Waals surface area contributed by atoms with Crippen LogP contribution in [0.3, 0.4) is 0 Å². The molecule has 0 spiro atoms. The van der Waals surface area contributed by atoms with Gasteiger partial charge in [0.05, 0.1) is 7.11 Å². The van der Waals surface area contributed by atoms with E-state index in [1.807, 2.05) is 48.5 Å². The van der Waals surface area contributed by atoms with Crippen molar-refractivity contribution in [2.24, 2.45) is 0 Å². The third kappa shape index (κ3) is 5.03. The lowest BCUT2D eigenvalue weighted by Crippen LogP contribution is -2.25. The van der Waals surface area contributed by atoms with Gasteiger partial charge in [0.1, 0.15) is 5.75 Å².